The fourth-order valence-electron chi connectivity index (χ4n) is 0.382. The normalized spacial score (nSPS) is 6.62. The maximum Gasteiger partial charge on any atom is 3.00 e. The van der Waals surface area contributed by atoms with Gasteiger partial charge in [0.05, 0.1) is 5.91 Å². The molecule has 0 rings (SSSR count). The number of hydrogen-bond donors (Lipinski definition) is 0. The minimum absolute atomic E-state index is 0. The van der Waals surface area contributed by atoms with Crippen molar-refractivity contribution in [3.05, 3.63) is 19.4 Å². The Labute approximate surface area is 109 Å². The van der Waals surface area contributed by atoms with Crippen LogP contribution in [0.5, 0.6) is 0 Å². The Morgan fingerprint density at radius 2 is 1.62 bits per heavy atom. The zero-order valence-electron chi connectivity index (χ0n) is 8.72. The molecule has 0 heterocycles. The largest absolute Gasteiger partial charge is 3.00 e. The van der Waals surface area contributed by atoms with E-state index in [1.54, 1.807) is 20.9 Å². The van der Waals surface area contributed by atoms with Gasteiger partial charge in [0, 0.05) is 0 Å². The van der Waals surface area contributed by atoms with Crippen LogP contribution < -0.4 is 0 Å². The molecule has 0 aliphatic heterocycles. The summed E-state index contributed by atoms with van der Waals surface area (Å²) >= 11 is 0. The fraction of sp³-hybridized carbons (Fsp3) is 0.600. The minimum atomic E-state index is -0.00926. The Kier molecular flexibility index (Phi) is 26.8. The van der Waals surface area contributed by atoms with E-state index in [9.17, 15) is 4.79 Å². The van der Waals surface area contributed by atoms with Crippen molar-refractivity contribution < 1.29 is 37.5 Å². The molecule has 0 saturated heterocycles. The minimum Gasteiger partial charge on any atom is -0.523 e. The number of carbonyl (C=O) groups excluding carboxylic acids is 1. The van der Waals surface area contributed by atoms with Gasteiger partial charge in [-0.2, -0.15) is 27.7 Å². The standard InChI is InChI=1S/C6H11NO.C3H7.CH4.Y/c1-5(2)6(8)7(3)4;1-3-2;;/h3H2,1-2,4H3;3H,1-2H3;1H4;/q-2;-1;;+3. The smallest absolute Gasteiger partial charge is 0.523 e. The van der Waals surface area contributed by atoms with Crippen molar-refractivity contribution in [2.75, 3.05) is 7.05 Å². The molecule has 0 radical (unpaired) electrons. The summed E-state index contributed by atoms with van der Waals surface area (Å²) in [6, 6.07) is 0. The van der Waals surface area contributed by atoms with Crippen LogP contribution in [0.25, 0.3) is 0 Å². The van der Waals surface area contributed by atoms with E-state index in [0.29, 0.717) is 0 Å². The van der Waals surface area contributed by atoms with E-state index in [1.165, 1.54) is 4.90 Å². The molecular weight excluding hydrogens is 239 g/mol. The molecule has 0 unspecified atom stereocenters. The third kappa shape index (κ3) is 19.0. The van der Waals surface area contributed by atoms with E-state index in [-0.39, 0.29) is 46.0 Å². The van der Waals surface area contributed by atoms with Gasteiger partial charge in [-0.15, -0.1) is 0 Å². The Hall–Kier alpha value is 0.444. The Morgan fingerprint density at radius 1 is 1.38 bits per heavy atom. The van der Waals surface area contributed by atoms with Gasteiger partial charge in [0.15, 0.2) is 0 Å². The molecule has 0 N–H and O–H groups in total. The zero-order valence-corrected chi connectivity index (χ0v) is 11.6. The quantitative estimate of drug-likeness (QED) is 0.664. The van der Waals surface area contributed by atoms with Crippen LogP contribution in [0.3, 0.4) is 0 Å². The topological polar surface area (TPSA) is 20.3 Å². The first-order valence-electron chi connectivity index (χ1n) is 3.60. The number of carbonyl (C=O) groups is 1. The summed E-state index contributed by atoms with van der Waals surface area (Å²) in [5, 5.41) is 0. The Bertz CT molecular complexity index is 93.1. The van der Waals surface area contributed by atoms with E-state index in [4.69, 9.17) is 0 Å². The summed E-state index contributed by atoms with van der Waals surface area (Å²) in [5.74, 6) is 0.757. The first-order valence-corrected chi connectivity index (χ1v) is 3.60. The Balaban J connectivity index is -0.0000000720. The monoisotopic (exact) mass is 261 g/mol. The van der Waals surface area contributed by atoms with Crippen LogP contribution in [0.1, 0.15) is 35.1 Å². The summed E-state index contributed by atoms with van der Waals surface area (Å²) < 4.78 is 0. The van der Waals surface area contributed by atoms with Crippen LogP contribution in [0.4, 0.5) is 0 Å². The molecule has 0 fully saturated rings. The molecule has 3 heteroatoms. The van der Waals surface area contributed by atoms with E-state index >= 15 is 0 Å². The fourth-order valence-corrected chi connectivity index (χ4v) is 0.382. The van der Waals surface area contributed by atoms with Crippen molar-refractivity contribution in [2.45, 2.75) is 35.1 Å². The summed E-state index contributed by atoms with van der Waals surface area (Å²) in [7, 11) is 5.06. The molecule has 1 amide bonds. The molecule has 0 aromatic rings. The second kappa shape index (κ2) is 14.9. The number of nitrogens with zero attached hydrogens (tertiary/aromatic N) is 1. The van der Waals surface area contributed by atoms with Crippen LogP contribution in [-0.2, 0) is 37.5 Å². The average Bonchev–Trinajstić information content (AvgIpc) is 1.87. The van der Waals surface area contributed by atoms with E-state index in [0.717, 1.165) is 5.92 Å². The maximum absolute atomic E-state index is 10.7. The number of amides is 1. The van der Waals surface area contributed by atoms with Crippen molar-refractivity contribution in [1.29, 1.82) is 0 Å². The van der Waals surface area contributed by atoms with Gasteiger partial charge in [-0.3, -0.25) is 13.0 Å². The van der Waals surface area contributed by atoms with Gasteiger partial charge in [0.2, 0.25) is 0 Å². The van der Waals surface area contributed by atoms with E-state index in [1.807, 2.05) is 20.3 Å². The van der Waals surface area contributed by atoms with Gasteiger partial charge >= 0.3 is 32.7 Å². The third-order valence-corrected chi connectivity index (χ3v) is 0.774. The van der Waals surface area contributed by atoms with E-state index < -0.39 is 0 Å². The van der Waals surface area contributed by atoms with Crippen LogP contribution >= 0.6 is 0 Å². The van der Waals surface area contributed by atoms with Gasteiger partial charge in [-0.05, 0) is 7.05 Å². The molecule has 76 valence electrons. The van der Waals surface area contributed by atoms with Crippen molar-refractivity contribution in [2.24, 2.45) is 0 Å². The first kappa shape index (κ1) is 23.3. The SMILES string of the molecule is C.C[CH-]C.[CH2-]N(C)C(=O)[C-](C)C.[Y+3]. The van der Waals surface area contributed by atoms with Crippen LogP contribution in [0, 0.1) is 19.4 Å². The van der Waals surface area contributed by atoms with Crippen LogP contribution in [0.2, 0.25) is 0 Å². The summed E-state index contributed by atoms with van der Waals surface area (Å²) in [4.78, 5) is 12.0. The second-order valence-electron chi connectivity index (χ2n) is 2.58. The predicted octanol–water partition coefficient (Wildman–Crippen LogP) is 2.71. The molecule has 0 aromatic carbocycles. The predicted molar refractivity (Wildman–Crippen MR) is 55.1 cm³/mol. The van der Waals surface area contributed by atoms with Crippen molar-refractivity contribution in [3.63, 3.8) is 0 Å². The van der Waals surface area contributed by atoms with Gasteiger partial charge < -0.3 is 16.1 Å². The summed E-state index contributed by atoms with van der Waals surface area (Å²) in [5.41, 5.74) is 0. The van der Waals surface area contributed by atoms with Crippen molar-refractivity contribution in [1.82, 2.24) is 4.90 Å². The maximum atomic E-state index is 10.7. The van der Waals surface area contributed by atoms with Gasteiger partial charge in [-0.25, -0.2) is 0 Å². The summed E-state index contributed by atoms with van der Waals surface area (Å²) in [6.45, 7) is 7.54. The zero-order chi connectivity index (χ0) is 9.44. The molecule has 0 saturated carbocycles. The number of hydrogen-bond acceptors (Lipinski definition) is 1. The van der Waals surface area contributed by atoms with Crippen LogP contribution in [0.15, 0.2) is 0 Å². The molecule has 0 atom stereocenters. The van der Waals surface area contributed by atoms with Gasteiger partial charge in [0.25, 0.3) is 0 Å². The molecule has 0 aliphatic carbocycles. The number of rotatable bonds is 1. The second-order valence-corrected chi connectivity index (χ2v) is 2.58. The molecule has 0 spiro atoms. The van der Waals surface area contributed by atoms with Gasteiger partial charge in [-0.1, -0.05) is 7.43 Å². The third-order valence-electron chi connectivity index (χ3n) is 0.774. The summed E-state index contributed by atoms with van der Waals surface area (Å²) in [6.07, 6.45) is 2.00. The van der Waals surface area contributed by atoms with Crippen LogP contribution in [-0.4, -0.2) is 17.9 Å². The van der Waals surface area contributed by atoms with Gasteiger partial charge in [0.1, 0.15) is 0 Å². The van der Waals surface area contributed by atoms with Crippen molar-refractivity contribution in [3.8, 4) is 0 Å². The molecule has 13 heavy (non-hydrogen) atoms. The first-order chi connectivity index (χ1) is 4.97. The molecule has 0 bridgehead atoms. The molecule has 0 aliphatic rings. The molecule has 2 nitrogen and oxygen atoms in total. The van der Waals surface area contributed by atoms with Crippen molar-refractivity contribution >= 4 is 5.91 Å². The molecule has 0 aromatic heterocycles. The molecular formula is C10H22NOY. The Morgan fingerprint density at radius 3 is 1.62 bits per heavy atom. The average molecular weight is 261 g/mol. The van der Waals surface area contributed by atoms with E-state index in [2.05, 4.69) is 7.05 Å².